The number of rotatable bonds is 5. The van der Waals surface area contributed by atoms with Gasteiger partial charge in [0.2, 0.25) is 5.67 Å². The Bertz CT molecular complexity index is 213. The molecule has 0 aromatic rings. The van der Waals surface area contributed by atoms with Crippen LogP contribution < -0.4 is 0 Å². The van der Waals surface area contributed by atoms with Gasteiger partial charge in [-0.2, -0.15) is 8.78 Å². The van der Waals surface area contributed by atoms with Crippen LogP contribution in [0.2, 0.25) is 0 Å². The number of halogens is 6. The van der Waals surface area contributed by atoms with Crippen molar-refractivity contribution < 1.29 is 31.1 Å². The van der Waals surface area contributed by atoms with Gasteiger partial charge in [0.1, 0.15) is 0 Å². The summed E-state index contributed by atoms with van der Waals surface area (Å²) >= 11 is 0. The van der Waals surface area contributed by atoms with Crippen LogP contribution in [0.5, 0.6) is 0 Å². The molecule has 92 valence electrons. The topological polar surface area (TPSA) is 9.23 Å². The summed E-state index contributed by atoms with van der Waals surface area (Å²) in [6.45, 7) is 0.716. The van der Waals surface area contributed by atoms with Gasteiger partial charge in [0, 0.05) is 7.11 Å². The average Bonchev–Trinajstić information content (AvgIpc) is 2.01. The molecule has 0 amide bonds. The zero-order chi connectivity index (χ0) is 12.5. The van der Waals surface area contributed by atoms with Crippen LogP contribution in [0.15, 0.2) is 0 Å². The van der Waals surface area contributed by atoms with Gasteiger partial charge in [-0.3, -0.25) is 0 Å². The lowest BCUT2D eigenvalue weighted by atomic mass is 9.96. The lowest BCUT2D eigenvalue weighted by molar-refractivity contribution is -0.306. The maximum Gasteiger partial charge on any atom is 0.389 e. The first-order chi connectivity index (χ1) is 6.46. The molecule has 0 rings (SSSR count). The normalized spacial score (nSPS) is 19.8. The van der Waals surface area contributed by atoms with Crippen LogP contribution in [-0.4, -0.2) is 31.0 Å². The van der Waals surface area contributed by atoms with Crippen molar-refractivity contribution in [3.05, 3.63) is 0 Å². The van der Waals surface area contributed by atoms with E-state index < -0.39 is 30.3 Å². The summed E-state index contributed by atoms with van der Waals surface area (Å²) in [5.74, 6) is -4.16. The minimum absolute atomic E-state index is 0.243. The van der Waals surface area contributed by atoms with E-state index in [9.17, 15) is 26.3 Å². The Morgan fingerprint density at radius 1 is 1.13 bits per heavy atom. The van der Waals surface area contributed by atoms with Gasteiger partial charge in [-0.25, -0.2) is 17.6 Å². The summed E-state index contributed by atoms with van der Waals surface area (Å²) < 4.78 is 79.7. The fourth-order valence-electron chi connectivity index (χ4n) is 0.899. The molecule has 0 bridgehead atoms. The first-order valence-electron chi connectivity index (χ1n) is 4.10. The quantitative estimate of drug-likeness (QED) is 0.667. The Kier molecular flexibility index (Phi) is 4.06. The van der Waals surface area contributed by atoms with Crippen LogP contribution in [-0.2, 0) is 4.74 Å². The van der Waals surface area contributed by atoms with Crippen molar-refractivity contribution in [2.45, 2.75) is 44.1 Å². The summed E-state index contributed by atoms with van der Waals surface area (Å²) in [4.78, 5) is 0. The molecule has 1 nitrogen and oxygen atoms in total. The highest BCUT2D eigenvalue weighted by atomic mass is 19.3. The van der Waals surface area contributed by atoms with Crippen LogP contribution >= 0.6 is 0 Å². The molecule has 0 saturated carbocycles. The van der Waals surface area contributed by atoms with Gasteiger partial charge in [0.15, 0.2) is 6.17 Å². The molecule has 0 aliphatic rings. The molecule has 0 aliphatic carbocycles. The number of ether oxygens (including phenoxy) is 1. The van der Waals surface area contributed by atoms with Gasteiger partial charge in [0.25, 0.3) is 5.92 Å². The molecule has 0 spiro atoms. The van der Waals surface area contributed by atoms with E-state index in [4.69, 9.17) is 0 Å². The fraction of sp³-hybridized carbons (Fsp3) is 1.00. The van der Waals surface area contributed by atoms with Crippen molar-refractivity contribution in [2.75, 3.05) is 7.11 Å². The van der Waals surface area contributed by atoms with E-state index >= 15 is 0 Å². The second kappa shape index (κ2) is 4.19. The summed E-state index contributed by atoms with van der Waals surface area (Å²) in [5, 5.41) is 0. The van der Waals surface area contributed by atoms with E-state index in [1.807, 2.05) is 0 Å². The molecule has 0 saturated heterocycles. The van der Waals surface area contributed by atoms with E-state index in [-0.39, 0.29) is 6.92 Å². The van der Waals surface area contributed by atoms with E-state index in [0.29, 0.717) is 14.0 Å². The highest BCUT2D eigenvalue weighted by molar-refractivity contribution is 4.90. The van der Waals surface area contributed by atoms with Crippen molar-refractivity contribution in [1.29, 1.82) is 0 Å². The molecular weight excluding hydrogens is 226 g/mol. The predicted molar refractivity (Wildman–Crippen MR) is 41.6 cm³/mol. The van der Waals surface area contributed by atoms with Crippen LogP contribution in [0, 0.1) is 0 Å². The van der Waals surface area contributed by atoms with Crippen LogP contribution in [0.4, 0.5) is 26.3 Å². The first kappa shape index (κ1) is 14.5. The van der Waals surface area contributed by atoms with Crippen LogP contribution in [0.1, 0.15) is 20.3 Å². The maximum atomic E-state index is 13.2. The second-order valence-electron chi connectivity index (χ2n) is 3.47. The summed E-state index contributed by atoms with van der Waals surface area (Å²) in [6, 6.07) is 0. The summed E-state index contributed by atoms with van der Waals surface area (Å²) in [5.41, 5.74) is -3.63. The van der Waals surface area contributed by atoms with Crippen molar-refractivity contribution in [3.63, 3.8) is 0 Å². The van der Waals surface area contributed by atoms with Crippen molar-refractivity contribution >= 4 is 0 Å². The SMILES string of the molecule is COC(F)(F)C(C)(F)CC(F)(F)C(C)F. The largest absolute Gasteiger partial charge is 0.389 e. The van der Waals surface area contributed by atoms with Gasteiger partial charge in [-0.15, -0.1) is 0 Å². The molecule has 0 aliphatic heterocycles. The van der Waals surface area contributed by atoms with Crippen molar-refractivity contribution in [3.8, 4) is 0 Å². The lowest BCUT2D eigenvalue weighted by Gasteiger charge is -2.31. The van der Waals surface area contributed by atoms with Gasteiger partial charge >= 0.3 is 6.11 Å². The second-order valence-corrected chi connectivity index (χ2v) is 3.47. The smallest absolute Gasteiger partial charge is 0.321 e. The van der Waals surface area contributed by atoms with Gasteiger partial charge < -0.3 is 4.74 Å². The fourth-order valence-corrected chi connectivity index (χ4v) is 0.899. The number of methoxy groups -OCH3 is 1. The van der Waals surface area contributed by atoms with Gasteiger partial charge in [0.05, 0.1) is 6.42 Å². The first-order valence-corrected chi connectivity index (χ1v) is 4.10. The Labute approximate surface area is 83.4 Å². The standard InChI is InChI=1S/C8H12F6O/c1-5(9)7(11,12)4-6(2,10)8(13,14)15-3/h5H,4H2,1-3H3. The average molecular weight is 238 g/mol. The lowest BCUT2D eigenvalue weighted by Crippen LogP contribution is -2.48. The number of alkyl halides is 6. The number of hydrogen-bond acceptors (Lipinski definition) is 1. The zero-order valence-electron chi connectivity index (χ0n) is 8.46. The Morgan fingerprint density at radius 3 is 1.80 bits per heavy atom. The predicted octanol–water partition coefficient (Wildman–Crippen LogP) is 3.34. The zero-order valence-corrected chi connectivity index (χ0v) is 8.46. The molecule has 0 radical (unpaired) electrons. The van der Waals surface area contributed by atoms with Crippen molar-refractivity contribution in [1.82, 2.24) is 0 Å². The highest BCUT2D eigenvalue weighted by Gasteiger charge is 2.58. The highest BCUT2D eigenvalue weighted by Crippen LogP contribution is 2.42. The molecule has 0 fully saturated rings. The maximum absolute atomic E-state index is 13.2. The Hall–Kier alpha value is -0.460. The minimum atomic E-state index is -4.38. The minimum Gasteiger partial charge on any atom is -0.321 e. The molecule has 0 aromatic heterocycles. The monoisotopic (exact) mass is 238 g/mol. The van der Waals surface area contributed by atoms with E-state index in [2.05, 4.69) is 4.74 Å². The van der Waals surface area contributed by atoms with Gasteiger partial charge in [-0.1, -0.05) is 0 Å². The van der Waals surface area contributed by atoms with Crippen LogP contribution in [0.3, 0.4) is 0 Å². The molecule has 0 aromatic carbocycles. The molecular formula is C8H12F6O. The Balaban J connectivity index is 4.79. The summed E-state index contributed by atoms with van der Waals surface area (Å²) in [7, 11) is 0.481. The third-order valence-electron chi connectivity index (χ3n) is 2.01. The molecule has 0 N–H and O–H groups in total. The van der Waals surface area contributed by atoms with Crippen LogP contribution in [0.25, 0.3) is 0 Å². The number of hydrogen-bond donors (Lipinski definition) is 0. The van der Waals surface area contributed by atoms with E-state index in [0.717, 1.165) is 0 Å². The molecule has 2 unspecified atom stereocenters. The van der Waals surface area contributed by atoms with Crippen molar-refractivity contribution in [2.24, 2.45) is 0 Å². The molecule has 0 heterocycles. The van der Waals surface area contributed by atoms with E-state index in [1.165, 1.54) is 0 Å². The third kappa shape index (κ3) is 3.25. The molecule has 15 heavy (non-hydrogen) atoms. The third-order valence-corrected chi connectivity index (χ3v) is 2.01. The molecule has 2 atom stereocenters. The Morgan fingerprint density at radius 2 is 1.53 bits per heavy atom. The summed E-state index contributed by atoms with van der Waals surface area (Å²) in [6.07, 6.45) is -9.04. The van der Waals surface area contributed by atoms with Gasteiger partial charge in [-0.05, 0) is 13.8 Å². The van der Waals surface area contributed by atoms with E-state index in [1.54, 1.807) is 0 Å². The molecule has 7 heteroatoms.